The zero-order valence-electron chi connectivity index (χ0n) is 22.6. The zero-order chi connectivity index (χ0) is 30.1. The number of ether oxygens (including phenoxy) is 4. The van der Waals surface area contributed by atoms with Crippen molar-refractivity contribution in [3.8, 4) is 11.5 Å². The Kier molecular flexibility index (Phi) is 8.12. The van der Waals surface area contributed by atoms with Crippen LogP contribution in [0, 0.1) is 6.92 Å². The molecular weight excluding hydrogens is 540 g/mol. The molecule has 0 aliphatic carbocycles. The largest absolute Gasteiger partial charge is 0.505 e. The lowest BCUT2D eigenvalue weighted by molar-refractivity contribution is -0.304. The van der Waals surface area contributed by atoms with Crippen molar-refractivity contribution in [3.05, 3.63) is 57.9 Å². The molecule has 14 nitrogen and oxygen atoms in total. The summed E-state index contributed by atoms with van der Waals surface area (Å²) in [7, 11) is 1.37. The summed E-state index contributed by atoms with van der Waals surface area (Å²) < 4.78 is 27.8. The van der Waals surface area contributed by atoms with Gasteiger partial charge in [0.2, 0.25) is 6.29 Å². The van der Waals surface area contributed by atoms with Crippen molar-refractivity contribution < 1.29 is 48.0 Å². The number of rotatable bonds is 7. The fraction of sp³-hybridized carbons (Fsp3) is 0.333. The van der Waals surface area contributed by atoms with Crippen LogP contribution in [0.5, 0.6) is 11.5 Å². The van der Waals surface area contributed by atoms with Crippen molar-refractivity contribution in [2.45, 2.75) is 51.0 Å². The summed E-state index contributed by atoms with van der Waals surface area (Å²) in [6.07, 6.45) is -6.07. The molecule has 14 heteroatoms. The summed E-state index contributed by atoms with van der Waals surface area (Å²) in [4.78, 5) is 40.4. The van der Waals surface area contributed by atoms with Gasteiger partial charge in [0.15, 0.2) is 23.6 Å². The number of anilines is 1. The maximum atomic E-state index is 12.8. The van der Waals surface area contributed by atoms with Crippen LogP contribution in [0.15, 0.2) is 50.7 Å². The normalized spacial score (nSPS) is 21.5. The van der Waals surface area contributed by atoms with Crippen molar-refractivity contribution in [1.29, 1.82) is 0 Å². The van der Waals surface area contributed by atoms with Crippen LogP contribution in [0.1, 0.15) is 29.8 Å². The van der Waals surface area contributed by atoms with Gasteiger partial charge in [0, 0.05) is 23.0 Å². The number of nitrogens with two attached hydrogens (primary N) is 1. The second kappa shape index (κ2) is 11.4. The van der Waals surface area contributed by atoms with Crippen LogP contribution in [0.2, 0.25) is 0 Å². The fourth-order valence-corrected chi connectivity index (χ4v) is 4.62. The van der Waals surface area contributed by atoms with Crippen LogP contribution in [0.4, 0.5) is 16.2 Å². The molecule has 1 fully saturated rings. The van der Waals surface area contributed by atoms with Crippen LogP contribution in [-0.4, -0.2) is 71.0 Å². The number of amides is 2. The van der Waals surface area contributed by atoms with E-state index in [1.807, 2.05) is 0 Å². The Labute approximate surface area is 233 Å². The van der Waals surface area contributed by atoms with Gasteiger partial charge in [0.25, 0.3) is 12.6 Å². The molecule has 2 aromatic carbocycles. The summed E-state index contributed by atoms with van der Waals surface area (Å²) in [6.45, 7) is 8.13. The van der Waals surface area contributed by atoms with Crippen molar-refractivity contribution in [3.63, 3.8) is 0 Å². The molecule has 216 valence electrons. The summed E-state index contributed by atoms with van der Waals surface area (Å²) in [5.41, 5.74) is 3.54. The molecule has 0 radical (unpaired) electrons. The number of nitrogens with zero attached hydrogens (tertiary/aromatic N) is 2. The minimum atomic E-state index is -1.51. The number of hydrogen-bond acceptors (Lipinski definition) is 11. The summed E-state index contributed by atoms with van der Waals surface area (Å²) in [5.74, 6) is -1.06. The first-order chi connectivity index (χ1) is 19.4. The Hall–Kier alpha value is -4.75. The topological polar surface area (TPSA) is 206 Å². The molecule has 0 spiro atoms. The number of aliphatic hydroxyl groups excluding tert-OH is 1. The number of aromatic hydroxyl groups is 1. The van der Waals surface area contributed by atoms with E-state index in [9.17, 15) is 24.6 Å². The number of primary amides is 1. The summed E-state index contributed by atoms with van der Waals surface area (Å²) >= 11 is 0. The Morgan fingerprint density at radius 1 is 1.20 bits per heavy atom. The predicted molar refractivity (Wildman–Crippen MR) is 144 cm³/mol. The first-order valence-electron chi connectivity index (χ1n) is 12.3. The Morgan fingerprint density at radius 3 is 2.49 bits per heavy atom. The highest BCUT2D eigenvalue weighted by atomic mass is 16.7. The molecule has 1 aliphatic rings. The highest BCUT2D eigenvalue weighted by molar-refractivity contribution is 6.06. The highest BCUT2D eigenvalue weighted by Crippen LogP contribution is 2.38. The van der Waals surface area contributed by atoms with Gasteiger partial charge in [-0.05, 0) is 57.2 Å². The van der Waals surface area contributed by atoms with Crippen LogP contribution in [0.25, 0.3) is 11.0 Å². The van der Waals surface area contributed by atoms with E-state index in [4.69, 9.17) is 29.1 Å². The minimum absolute atomic E-state index is 0.0323. The second-order valence-electron chi connectivity index (χ2n) is 9.68. The number of hydrogen-bond donors (Lipinski definition) is 4. The Balaban J connectivity index is 1.63. The van der Waals surface area contributed by atoms with Crippen molar-refractivity contribution in [2.24, 2.45) is 10.8 Å². The van der Waals surface area contributed by atoms with Crippen molar-refractivity contribution in [2.75, 3.05) is 12.4 Å². The molecule has 1 aromatic heterocycles. The first kappa shape index (κ1) is 29.2. The number of carbonyl (C=O) groups excluding carboxylic acids is 2. The standard InChI is InChI=1S/C27H28N4O10/c1-12-16(38-25-19(33)21(40-26(28)36)22(37-5)27(2,3)41-25)11-10-15-18(32)17(24(35)39-20(12)15)30-23(34)13-6-8-14(9-7-13)31-29-4/h6-11,19,21-22,25,33H,4H2,1-3,5H3,(H3,28,31,34,36)/p+1/t19-,21+,22-,25-/m1/s1. The number of aryl methyl sites for hydroxylation is 1. The third-order valence-corrected chi connectivity index (χ3v) is 6.57. The molecule has 4 rings (SSSR count). The lowest BCUT2D eigenvalue weighted by Crippen LogP contribution is -2.65. The van der Waals surface area contributed by atoms with Crippen molar-refractivity contribution >= 4 is 41.1 Å². The average Bonchev–Trinajstić information content (AvgIpc) is 2.91. The van der Waals surface area contributed by atoms with E-state index in [2.05, 4.69) is 21.9 Å². The lowest BCUT2D eigenvalue weighted by atomic mass is 9.89. The molecule has 3 aromatic rings. The lowest BCUT2D eigenvalue weighted by Gasteiger charge is -2.47. The van der Waals surface area contributed by atoms with Gasteiger partial charge in [-0.2, -0.15) is 0 Å². The molecule has 0 saturated carbocycles. The van der Waals surface area contributed by atoms with E-state index in [0.29, 0.717) is 5.69 Å². The molecule has 4 atom stereocenters. The van der Waals surface area contributed by atoms with E-state index in [1.165, 1.54) is 43.5 Å². The molecule has 5 N–H and O–H groups in total. The Bertz CT molecular complexity index is 1590. The number of carbonyl (C=O) groups is 2. The molecule has 0 bridgehead atoms. The summed E-state index contributed by atoms with van der Waals surface area (Å²) in [5, 5.41) is 28.0. The number of methoxy groups -OCH3 is 1. The van der Waals surface area contributed by atoms with Gasteiger partial charge in [-0.1, -0.05) is 0 Å². The molecule has 1 saturated heterocycles. The monoisotopic (exact) mass is 569 g/mol. The third kappa shape index (κ3) is 5.76. The maximum absolute atomic E-state index is 12.8. The summed E-state index contributed by atoms with van der Waals surface area (Å²) in [6, 6.07) is 8.84. The van der Waals surface area contributed by atoms with E-state index in [-0.39, 0.29) is 27.8 Å². The van der Waals surface area contributed by atoms with Crippen molar-refractivity contribution in [1.82, 2.24) is 0 Å². The second-order valence-corrected chi connectivity index (χ2v) is 9.68. The molecule has 2 amide bonds. The molecule has 2 heterocycles. The maximum Gasteiger partial charge on any atom is 0.404 e. The Morgan fingerprint density at radius 2 is 1.88 bits per heavy atom. The van der Waals surface area contributed by atoms with Gasteiger partial charge in [0.05, 0.1) is 11.0 Å². The zero-order valence-corrected chi connectivity index (χ0v) is 22.6. The van der Waals surface area contributed by atoms with Gasteiger partial charge in [-0.25, -0.2) is 9.59 Å². The van der Waals surface area contributed by atoms with Crippen LogP contribution in [-0.2, 0) is 14.2 Å². The molecular formula is C27H29N4O10+. The van der Waals surface area contributed by atoms with E-state index in [1.54, 1.807) is 20.8 Å². The average molecular weight is 570 g/mol. The quantitative estimate of drug-likeness (QED) is 0.141. The van der Waals surface area contributed by atoms with Crippen LogP contribution in [0.3, 0.4) is 0 Å². The predicted octanol–water partition coefficient (Wildman–Crippen LogP) is 2.41. The third-order valence-electron chi connectivity index (χ3n) is 6.57. The smallest absolute Gasteiger partial charge is 0.404 e. The van der Waals surface area contributed by atoms with Gasteiger partial charge >= 0.3 is 11.7 Å². The van der Waals surface area contributed by atoms with E-state index < -0.39 is 59.3 Å². The van der Waals surface area contributed by atoms with Gasteiger partial charge < -0.3 is 44.6 Å². The number of fused-ring (bicyclic) bond motifs is 1. The van der Waals surface area contributed by atoms with Crippen LogP contribution < -0.4 is 21.4 Å². The fourth-order valence-electron chi connectivity index (χ4n) is 4.62. The van der Waals surface area contributed by atoms with Gasteiger partial charge in [0.1, 0.15) is 28.2 Å². The SMILES string of the molecule is C=[N+]=Nc1ccc(C(=O)Nc2c(O)c3ccc(O[C@@H]4OC(C)(C)[C@H](OC)[C@@H](OC(N)=O)[C@H]4O)c(C)c3oc2=O)cc1. The number of nitrogens with one attached hydrogen (secondary N) is 1. The van der Waals surface area contributed by atoms with E-state index >= 15 is 0 Å². The van der Waals surface area contributed by atoms with Gasteiger partial charge in [-0.15, -0.1) is 0 Å². The molecule has 0 unspecified atom stereocenters. The van der Waals surface area contributed by atoms with Gasteiger partial charge in [-0.3, -0.25) is 4.79 Å². The number of benzene rings is 2. The molecule has 41 heavy (non-hydrogen) atoms. The first-order valence-corrected chi connectivity index (χ1v) is 12.3. The van der Waals surface area contributed by atoms with E-state index in [0.717, 1.165) is 0 Å². The molecule has 1 aliphatic heterocycles. The number of aliphatic hydroxyl groups is 1. The highest BCUT2D eigenvalue weighted by Gasteiger charge is 2.53. The van der Waals surface area contributed by atoms with Crippen LogP contribution >= 0.6 is 0 Å². The minimum Gasteiger partial charge on any atom is -0.505 e.